The van der Waals surface area contributed by atoms with E-state index in [4.69, 9.17) is 4.52 Å². The lowest BCUT2D eigenvalue weighted by atomic mass is 10.0. The Bertz CT molecular complexity index is 355. The fraction of sp³-hybridized carbons (Fsp3) is 0.818. The monoisotopic (exact) mass is 256 g/mol. The lowest BCUT2D eigenvalue weighted by molar-refractivity contribution is 0.327. The first-order chi connectivity index (χ1) is 8.20. The average Bonchev–Trinajstić information content (AvgIpc) is 2.86. The van der Waals surface area contributed by atoms with Gasteiger partial charge in [0.1, 0.15) is 0 Å². The van der Waals surface area contributed by atoms with Gasteiger partial charge in [0.25, 0.3) is 0 Å². The number of hydrogen-bond acceptors (Lipinski definition) is 6. The maximum atomic E-state index is 5.38. The van der Waals surface area contributed by atoms with Crippen molar-refractivity contribution in [1.29, 1.82) is 0 Å². The van der Waals surface area contributed by atoms with Crippen molar-refractivity contribution >= 4 is 11.8 Å². The number of nitrogens with zero attached hydrogens (tertiary/aromatic N) is 3. The molecule has 1 N–H and O–H groups in total. The van der Waals surface area contributed by atoms with Crippen molar-refractivity contribution in [3.8, 4) is 0 Å². The Morgan fingerprint density at radius 1 is 1.47 bits per heavy atom. The summed E-state index contributed by atoms with van der Waals surface area (Å²) >= 11 is 1.95. The van der Waals surface area contributed by atoms with Crippen LogP contribution < -0.4 is 5.32 Å². The molecule has 0 spiro atoms. The fourth-order valence-corrected chi connectivity index (χ4v) is 3.40. The van der Waals surface area contributed by atoms with Crippen molar-refractivity contribution in [3.05, 3.63) is 11.7 Å². The van der Waals surface area contributed by atoms with E-state index in [1.165, 1.54) is 0 Å². The van der Waals surface area contributed by atoms with Crippen LogP contribution in [0.3, 0.4) is 0 Å². The Balaban J connectivity index is 2.03. The zero-order valence-corrected chi connectivity index (χ0v) is 11.5. The SMILES string of the molecule is CCNC1CSCC1c1nc(CN(C)C)no1. The lowest BCUT2D eigenvalue weighted by Crippen LogP contribution is -2.34. The molecule has 1 aliphatic rings. The first-order valence-corrected chi connectivity index (χ1v) is 7.14. The van der Waals surface area contributed by atoms with E-state index in [-0.39, 0.29) is 0 Å². The second-order valence-corrected chi connectivity index (χ2v) is 5.67. The molecule has 2 unspecified atom stereocenters. The molecule has 1 aromatic rings. The second kappa shape index (κ2) is 5.84. The Morgan fingerprint density at radius 3 is 3.00 bits per heavy atom. The lowest BCUT2D eigenvalue weighted by Gasteiger charge is -2.15. The van der Waals surface area contributed by atoms with Crippen LogP contribution in [-0.2, 0) is 6.54 Å². The summed E-state index contributed by atoms with van der Waals surface area (Å²) < 4.78 is 5.38. The van der Waals surface area contributed by atoms with E-state index in [0.29, 0.717) is 12.0 Å². The highest BCUT2D eigenvalue weighted by atomic mass is 32.2. The molecule has 2 atom stereocenters. The zero-order valence-electron chi connectivity index (χ0n) is 10.6. The summed E-state index contributed by atoms with van der Waals surface area (Å²) in [6.45, 7) is 3.85. The van der Waals surface area contributed by atoms with Crippen LogP contribution >= 0.6 is 11.8 Å². The Labute approximate surface area is 106 Å². The Kier molecular flexibility index (Phi) is 4.42. The van der Waals surface area contributed by atoms with E-state index >= 15 is 0 Å². The van der Waals surface area contributed by atoms with Crippen LogP contribution in [0.15, 0.2) is 4.52 Å². The molecule has 0 aliphatic carbocycles. The number of nitrogens with one attached hydrogen (secondary N) is 1. The van der Waals surface area contributed by atoms with Gasteiger partial charge >= 0.3 is 0 Å². The summed E-state index contributed by atoms with van der Waals surface area (Å²) in [6, 6.07) is 0.470. The van der Waals surface area contributed by atoms with Gasteiger partial charge in [-0.3, -0.25) is 0 Å². The van der Waals surface area contributed by atoms with Crippen LogP contribution in [0.1, 0.15) is 24.6 Å². The van der Waals surface area contributed by atoms with E-state index in [1.54, 1.807) is 0 Å². The molecular formula is C11H20N4OS. The number of aromatic nitrogens is 2. The highest BCUT2D eigenvalue weighted by molar-refractivity contribution is 7.99. The third kappa shape index (κ3) is 3.20. The molecule has 96 valence electrons. The van der Waals surface area contributed by atoms with Crippen LogP contribution in [0, 0.1) is 0 Å². The van der Waals surface area contributed by atoms with Gasteiger partial charge in [-0.25, -0.2) is 0 Å². The minimum absolute atomic E-state index is 0.364. The molecule has 1 saturated heterocycles. The molecule has 0 bridgehead atoms. The normalized spacial score (nSPS) is 24.7. The molecule has 0 saturated carbocycles. The molecule has 0 amide bonds. The molecular weight excluding hydrogens is 236 g/mol. The Hall–Kier alpha value is -0.590. The average molecular weight is 256 g/mol. The number of rotatable bonds is 5. The fourth-order valence-electron chi connectivity index (χ4n) is 2.03. The van der Waals surface area contributed by atoms with Gasteiger partial charge < -0.3 is 14.7 Å². The highest BCUT2D eigenvalue weighted by Crippen LogP contribution is 2.31. The summed E-state index contributed by atoms with van der Waals surface area (Å²) in [5, 5.41) is 7.51. The van der Waals surface area contributed by atoms with Crippen molar-refractivity contribution in [3.63, 3.8) is 0 Å². The number of thioether (sulfide) groups is 1. The van der Waals surface area contributed by atoms with Gasteiger partial charge in [-0.1, -0.05) is 12.1 Å². The third-order valence-electron chi connectivity index (χ3n) is 2.81. The van der Waals surface area contributed by atoms with Crippen LogP contribution in [-0.4, -0.2) is 53.2 Å². The van der Waals surface area contributed by atoms with Crippen molar-refractivity contribution in [2.45, 2.75) is 25.4 Å². The minimum atomic E-state index is 0.364. The summed E-state index contributed by atoms with van der Waals surface area (Å²) in [7, 11) is 4.01. The van der Waals surface area contributed by atoms with Gasteiger partial charge in [0, 0.05) is 17.5 Å². The van der Waals surface area contributed by atoms with Gasteiger partial charge in [0.05, 0.1) is 12.5 Å². The third-order valence-corrected chi connectivity index (χ3v) is 4.00. The predicted octanol–water partition coefficient (Wildman–Crippen LogP) is 0.940. The first kappa shape index (κ1) is 12.9. The first-order valence-electron chi connectivity index (χ1n) is 5.99. The molecule has 1 aromatic heterocycles. The zero-order chi connectivity index (χ0) is 12.3. The molecule has 17 heavy (non-hydrogen) atoms. The quantitative estimate of drug-likeness (QED) is 0.846. The van der Waals surface area contributed by atoms with Gasteiger partial charge in [0.15, 0.2) is 5.82 Å². The number of likely N-dealkylation sites (N-methyl/N-ethyl adjacent to an activating group) is 1. The van der Waals surface area contributed by atoms with Gasteiger partial charge in [-0.15, -0.1) is 0 Å². The molecule has 2 rings (SSSR count). The standard InChI is InChI=1S/C11H20N4OS/c1-4-12-9-7-17-6-8(9)11-13-10(14-16-11)5-15(2)3/h8-9,12H,4-7H2,1-3H3. The Morgan fingerprint density at radius 2 is 2.29 bits per heavy atom. The van der Waals surface area contributed by atoms with Crippen molar-refractivity contribution in [2.75, 3.05) is 32.1 Å². The smallest absolute Gasteiger partial charge is 0.232 e. The van der Waals surface area contributed by atoms with Crippen LogP contribution in [0.5, 0.6) is 0 Å². The molecule has 6 heteroatoms. The minimum Gasteiger partial charge on any atom is -0.339 e. The topological polar surface area (TPSA) is 54.2 Å². The number of hydrogen-bond donors (Lipinski definition) is 1. The molecule has 1 aliphatic heterocycles. The van der Waals surface area contributed by atoms with E-state index in [1.807, 2.05) is 30.8 Å². The summed E-state index contributed by atoms with van der Waals surface area (Å²) in [6.07, 6.45) is 0. The van der Waals surface area contributed by atoms with Crippen molar-refractivity contribution in [2.24, 2.45) is 0 Å². The second-order valence-electron chi connectivity index (χ2n) is 4.59. The maximum absolute atomic E-state index is 5.38. The maximum Gasteiger partial charge on any atom is 0.232 e. The molecule has 0 radical (unpaired) electrons. The van der Waals surface area contributed by atoms with Gasteiger partial charge in [0.2, 0.25) is 5.89 Å². The van der Waals surface area contributed by atoms with Crippen molar-refractivity contribution < 1.29 is 4.52 Å². The van der Waals surface area contributed by atoms with E-state index in [0.717, 1.165) is 36.3 Å². The highest BCUT2D eigenvalue weighted by Gasteiger charge is 2.32. The van der Waals surface area contributed by atoms with E-state index in [2.05, 4.69) is 22.4 Å². The molecule has 5 nitrogen and oxygen atoms in total. The van der Waals surface area contributed by atoms with Gasteiger partial charge in [-0.2, -0.15) is 16.7 Å². The summed E-state index contributed by atoms with van der Waals surface area (Å²) in [4.78, 5) is 6.53. The molecule has 1 fully saturated rings. The molecule has 2 heterocycles. The van der Waals surface area contributed by atoms with E-state index in [9.17, 15) is 0 Å². The molecule has 0 aromatic carbocycles. The predicted molar refractivity (Wildman–Crippen MR) is 69.2 cm³/mol. The largest absolute Gasteiger partial charge is 0.339 e. The summed E-state index contributed by atoms with van der Waals surface area (Å²) in [5.41, 5.74) is 0. The van der Waals surface area contributed by atoms with Gasteiger partial charge in [-0.05, 0) is 20.6 Å². The van der Waals surface area contributed by atoms with Crippen LogP contribution in [0.4, 0.5) is 0 Å². The van der Waals surface area contributed by atoms with Crippen molar-refractivity contribution in [1.82, 2.24) is 20.4 Å². The van der Waals surface area contributed by atoms with Crippen LogP contribution in [0.2, 0.25) is 0 Å². The summed E-state index contributed by atoms with van der Waals surface area (Å²) in [5.74, 6) is 4.13. The van der Waals surface area contributed by atoms with E-state index < -0.39 is 0 Å². The van der Waals surface area contributed by atoms with Crippen LogP contribution in [0.25, 0.3) is 0 Å².